The third-order valence-electron chi connectivity index (χ3n) is 10.3. The molecule has 4 heteroatoms. The molecule has 0 aliphatic heterocycles. The van der Waals surface area contributed by atoms with Gasteiger partial charge < -0.3 is 4.90 Å². The van der Waals surface area contributed by atoms with Crippen LogP contribution in [-0.4, -0.2) is 4.98 Å². The summed E-state index contributed by atoms with van der Waals surface area (Å²) < 4.78 is 5.31. The van der Waals surface area contributed by atoms with E-state index in [1.165, 1.54) is 67.5 Å². The lowest BCUT2D eigenvalue weighted by molar-refractivity contribution is 1.30. The Labute approximate surface area is 302 Å². The lowest BCUT2D eigenvalue weighted by Crippen LogP contribution is -2.10. The number of fused-ring (bicyclic) bond motifs is 11. The monoisotopic (exact) mass is 684 g/mol. The van der Waals surface area contributed by atoms with E-state index in [4.69, 9.17) is 0 Å². The Morgan fingerprint density at radius 2 is 0.902 bits per heavy atom. The zero-order valence-corrected chi connectivity index (χ0v) is 29.0. The fourth-order valence-electron chi connectivity index (χ4n) is 7.75. The standard InChI is InChI=1S/C47H28N2S2/c1-3-9-44-37(7-1)39-23-17-30-15-21-35(27-41(30)46(39)50-44)49(34-19-13-29(14-20-34)33-12-11-32-6-5-25-48-43(32)26-33)36-22-16-31-18-24-40-38-8-2-4-10-45(38)51-47(40)42(31)28-36/h1-28H. The number of pyridine rings is 1. The first-order valence-corrected chi connectivity index (χ1v) is 18.8. The molecule has 0 fully saturated rings. The van der Waals surface area contributed by atoms with Crippen molar-refractivity contribution in [3.63, 3.8) is 0 Å². The molecule has 0 spiro atoms. The zero-order valence-electron chi connectivity index (χ0n) is 27.4. The Hall–Kier alpha value is -6.07. The molecule has 11 aromatic rings. The Balaban J connectivity index is 1.12. The Morgan fingerprint density at radius 3 is 1.53 bits per heavy atom. The molecule has 0 aliphatic rings. The van der Waals surface area contributed by atoms with Gasteiger partial charge in [0, 0.05) is 79.8 Å². The van der Waals surface area contributed by atoms with Gasteiger partial charge in [-0.25, -0.2) is 0 Å². The molecule has 51 heavy (non-hydrogen) atoms. The van der Waals surface area contributed by atoms with Crippen LogP contribution in [0.25, 0.3) is 83.9 Å². The number of benzene rings is 8. The van der Waals surface area contributed by atoms with Gasteiger partial charge in [-0.05, 0) is 82.6 Å². The molecule has 8 aromatic carbocycles. The number of hydrogen-bond donors (Lipinski definition) is 0. The lowest BCUT2D eigenvalue weighted by Gasteiger charge is -2.26. The van der Waals surface area contributed by atoms with Crippen LogP contribution in [0.2, 0.25) is 0 Å². The predicted molar refractivity (Wildman–Crippen MR) is 223 cm³/mol. The first kappa shape index (κ1) is 28.7. The Bertz CT molecular complexity index is 3000. The zero-order chi connectivity index (χ0) is 33.5. The second-order valence-corrected chi connectivity index (χ2v) is 15.3. The van der Waals surface area contributed by atoms with Crippen LogP contribution in [0.3, 0.4) is 0 Å². The second kappa shape index (κ2) is 11.2. The smallest absolute Gasteiger partial charge is 0.0708 e. The van der Waals surface area contributed by atoms with E-state index in [1.807, 2.05) is 34.9 Å². The molecule has 0 radical (unpaired) electrons. The van der Waals surface area contributed by atoms with Crippen LogP contribution in [0.1, 0.15) is 0 Å². The summed E-state index contributed by atoms with van der Waals surface area (Å²) in [6, 6.07) is 60.1. The van der Waals surface area contributed by atoms with Crippen molar-refractivity contribution in [2.45, 2.75) is 0 Å². The van der Waals surface area contributed by atoms with E-state index in [0.29, 0.717) is 0 Å². The summed E-state index contributed by atoms with van der Waals surface area (Å²) in [5.41, 5.74) is 6.73. The quantitative estimate of drug-likeness (QED) is 0.183. The summed E-state index contributed by atoms with van der Waals surface area (Å²) in [5, 5.41) is 11.5. The normalized spacial score (nSPS) is 11.9. The summed E-state index contributed by atoms with van der Waals surface area (Å²) >= 11 is 3.77. The van der Waals surface area contributed by atoms with Gasteiger partial charge in [0.2, 0.25) is 0 Å². The molecule has 0 amide bonds. The predicted octanol–water partition coefficient (Wildman–Crippen LogP) is 14.4. The molecule has 3 heterocycles. The molecule has 2 nitrogen and oxygen atoms in total. The SMILES string of the molecule is c1cnc2cc(-c3ccc(N(c4ccc5ccc6c7ccccc7sc6c5c4)c4ccc5ccc6c7ccccc7sc6c5c4)cc3)ccc2c1. The third-order valence-corrected chi connectivity index (χ3v) is 12.7. The molecule has 0 atom stereocenters. The average molecular weight is 685 g/mol. The van der Waals surface area contributed by atoms with E-state index in [0.717, 1.165) is 33.5 Å². The van der Waals surface area contributed by atoms with Crippen molar-refractivity contribution in [2.24, 2.45) is 0 Å². The summed E-state index contributed by atoms with van der Waals surface area (Å²) in [6.45, 7) is 0. The maximum Gasteiger partial charge on any atom is 0.0708 e. The molecule has 0 saturated carbocycles. The van der Waals surface area contributed by atoms with Crippen LogP contribution in [0, 0.1) is 0 Å². The van der Waals surface area contributed by atoms with Crippen LogP contribution in [-0.2, 0) is 0 Å². The number of hydrogen-bond acceptors (Lipinski definition) is 4. The van der Waals surface area contributed by atoms with E-state index in [1.54, 1.807) is 0 Å². The number of nitrogens with zero attached hydrogens (tertiary/aromatic N) is 2. The largest absolute Gasteiger partial charge is 0.310 e. The molecule has 0 unspecified atom stereocenters. The van der Waals surface area contributed by atoms with Gasteiger partial charge in [0.05, 0.1) is 5.52 Å². The van der Waals surface area contributed by atoms with Gasteiger partial charge in [-0.15, -0.1) is 22.7 Å². The van der Waals surface area contributed by atoms with Gasteiger partial charge in [-0.2, -0.15) is 0 Å². The second-order valence-electron chi connectivity index (χ2n) is 13.2. The fraction of sp³-hybridized carbons (Fsp3) is 0. The van der Waals surface area contributed by atoms with Crippen molar-refractivity contribution in [1.82, 2.24) is 4.98 Å². The molecule has 11 rings (SSSR count). The van der Waals surface area contributed by atoms with Gasteiger partial charge in [-0.3, -0.25) is 4.98 Å². The van der Waals surface area contributed by atoms with Gasteiger partial charge in [0.25, 0.3) is 0 Å². The highest BCUT2D eigenvalue weighted by Crippen LogP contribution is 2.44. The first-order valence-electron chi connectivity index (χ1n) is 17.2. The summed E-state index contributed by atoms with van der Waals surface area (Å²) in [7, 11) is 0. The van der Waals surface area contributed by atoms with Crippen LogP contribution < -0.4 is 4.90 Å². The van der Waals surface area contributed by atoms with Crippen LogP contribution >= 0.6 is 22.7 Å². The third kappa shape index (κ3) is 4.58. The van der Waals surface area contributed by atoms with Crippen molar-refractivity contribution in [3.8, 4) is 11.1 Å². The van der Waals surface area contributed by atoms with Crippen LogP contribution in [0.15, 0.2) is 170 Å². The van der Waals surface area contributed by atoms with Crippen molar-refractivity contribution in [2.75, 3.05) is 4.90 Å². The van der Waals surface area contributed by atoms with Crippen LogP contribution in [0.4, 0.5) is 17.1 Å². The van der Waals surface area contributed by atoms with Gasteiger partial charge >= 0.3 is 0 Å². The maximum atomic E-state index is 4.61. The highest BCUT2D eigenvalue weighted by atomic mass is 32.1. The highest BCUT2D eigenvalue weighted by Gasteiger charge is 2.17. The Morgan fingerprint density at radius 1 is 0.373 bits per heavy atom. The fourth-order valence-corrected chi connectivity index (χ4v) is 10.2. The average Bonchev–Trinajstić information content (AvgIpc) is 3.77. The minimum absolute atomic E-state index is 1.01. The summed E-state index contributed by atoms with van der Waals surface area (Å²) in [4.78, 5) is 7.03. The molecule has 0 aliphatic carbocycles. The minimum atomic E-state index is 1.01. The van der Waals surface area contributed by atoms with E-state index in [-0.39, 0.29) is 0 Å². The first-order chi connectivity index (χ1) is 25.2. The number of rotatable bonds is 4. The lowest BCUT2D eigenvalue weighted by atomic mass is 10.0. The van der Waals surface area contributed by atoms with Gasteiger partial charge in [0.1, 0.15) is 0 Å². The molecular formula is C47H28N2S2. The minimum Gasteiger partial charge on any atom is -0.310 e. The van der Waals surface area contributed by atoms with Gasteiger partial charge in [-0.1, -0.05) is 103 Å². The molecule has 0 N–H and O–H groups in total. The molecule has 238 valence electrons. The highest BCUT2D eigenvalue weighted by molar-refractivity contribution is 7.27. The van der Waals surface area contributed by atoms with E-state index >= 15 is 0 Å². The molecular weight excluding hydrogens is 657 g/mol. The van der Waals surface area contributed by atoms with Crippen molar-refractivity contribution < 1.29 is 0 Å². The molecule has 0 saturated heterocycles. The summed E-state index contributed by atoms with van der Waals surface area (Å²) in [6.07, 6.45) is 1.86. The van der Waals surface area contributed by atoms with Crippen molar-refractivity contribution in [3.05, 3.63) is 170 Å². The summed E-state index contributed by atoms with van der Waals surface area (Å²) in [5.74, 6) is 0. The Kier molecular flexibility index (Phi) is 6.32. The van der Waals surface area contributed by atoms with E-state index < -0.39 is 0 Å². The number of anilines is 3. The van der Waals surface area contributed by atoms with E-state index in [9.17, 15) is 0 Å². The molecule has 0 bridgehead atoms. The number of aromatic nitrogens is 1. The van der Waals surface area contributed by atoms with Crippen molar-refractivity contribution >= 4 is 113 Å². The van der Waals surface area contributed by atoms with Gasteiger partial charge in [0.15, 0.2) is 0 Å². The topological polar surface area (TPSA) is 16.1 Å². The maximum absolute atomic E-state index is 4.61. The van der Waals surface area contributed by atoms with Crippen LogP contribution in [0.5, 0.6) is 0 Å². The molecule has 3 aromatic heterocycles. The number of thiophene rings is 2. The van der Waals surface area contributed by atoms with E-state index in [2.05, 4.69) is 168 Å². The van der Waals surface area contributed by atoms with Crippen molar-refractivity contribution in [1.29, 1.82) is 0 Å².